The number of imidazole rings is 1. The number of methoxy groups -OCH3 is 1. The van der Waals surface area contributed by atoms with Crippen LogP contribution in [-0.2, 0) is 0 Å². The van der Waals surface area contributed by atoms with Crippen molar-refractivity contribution in [3.05, 3.63) is 96.6 Å². The SMILES string of the molecule is COc1ccc(NC(=O)Nc2ccc(Oc3ccc(C(=O)c4ncc[nH]4)cc3)cc2)cc1. The molecule has 8 heteroatoms. The van der Waals surface area contributed by atoms with Crippen LogP contribution < -0.4 is 20.1 Å². The van der Waals surface area contributed by atoms with Crippen molar-refractivity contribution in [1.82, 2.24) is 9.97 Å². The van der Waals surface area contributed by atoms with Crippen LogP contribution in [0.25, 0.3) is 0 Å². The summed E-state index contributed by atoms with van der Waals surface area (Å²) in [7, 11) is 1.58. The quantitative estimate of drug-likeness (QED) is 0.356. The third-order valence-electron chi connectivity index (χ3n) is 4.53. The van der Waals surface area contributed by atoms with E-state index in [0.29, 0.717) is 34.2 Å². The van der Waals surface area contributed by atoms with Crippen molar-refractivity contribution >= 4 is 23.2 Å². The first-order valence-electron chi connectivity index (χ1n) is 9.75. The lowest BCUT2D eigenvalue weighted by molar-refractivity contribution is 0.103. The molecule has 0 aliphatic rings. The second-order valence-electron chi connectivity index (χ2n) is 6.73. The predicted octanol–water partition coefficient (Wildman–Crippen LogP) is 5.09. The van der Waals surface area contributed by atoms with Gasteiger partial charge in [-0.3, -0.25) is 4.79 Å². The van der Waals surface area contributed by atoms with Gasteiger partial charge in [0.25, 0.3) is 0 Å². The minimum absolute atomic E-state index is 0.190. The predicted molar refractivity (Wildman–Crippen MR) is 121 cm³/mol. The molecule has 0 atom stereocenters. The number of anilines is 2. The zero-order valence-corrected chi connectivity index (χ0v) is 17.2. The molecule has 8 nitrogen and oxygen atoms in total. The summed E-state index contributed by atoms with van der Waals surface area (Å²) < 4.78 is 10.9. The number of nitrogens with one attached hydrogen (secondary N) is 3. The van der Waals surface area contributed by atoms with Crippen molar-refractivity contribution in [3.8, 4) is 17.2 Å². The Balaban J connectivity index is 1.32. The third kappa shape index (κ3) is 5.11. The maximum atomic E-state index is 12.3. The summed E-state index contributed by atoms with van der Waals surface area (Å²) in [5.74, 6) is 1.99. The molecule has 0 fully saturated rings. The third-order valence-corrected chi connectivity index (χ3v) is 4.53. The molecule has 3 N–H and O–H groups in total. The number of nitrogens with zero attached hydrogens (tertiary/aromatic N) is 1. The van der Waals surface area contributed by atoms with Crippen LogP contribution in [-0.4, -0.2) is 28.9 Å². The van der Waals surface area contributed by atoms with Crippen molar-refractivity contribution in [2.45, 2.75) is 0 Å². The number of aromatic amines is 1. The Morgan fingerprint density at radius 3 is 1.81 bits per heavy atom. The molecule has 160 valence electrons. The fraction of sp³-hybridized carbons (Fsp3) is 0.0417. The van der Waals surface area contributed by atoms with E-state index in [0.717, 1.165) is 0 Å². The van der Waals surface area contributed by atoms with Crippen LogP contribution in [0.15, 0.2) is 85.2 Å². The zero-order valence-electron chi connectivity index (χ0n) is 17.2. The van der Waals surface area contributed by atoms with E-state index in [2.05, 4.69) is 20.6 Å². The molecule has 1 heterocycles. The van der Waals surface area contributed by atoms with E-state index in [-0.39, 0.29) is 17.6 Å². The zero-order chi connectivity index (χ0) is 22.3. The van der Waals surface area contributed by atoms with Crippen LogP contribution in [0.1, 0.15) is 16.2 Å². The first-order chi connectivity index (χ1) is 15.6. The molecule has 0 spiro atoms. The summed E-state index contributed by atoms with van der Waals surface area (Å²) in [6, 6.07) is 20.4. The maximum absolute atomic E-state index is 12.3. The number of rotatable bonds is 7. The highest BCUT2D eigenvalue weighted by atomic mass is 16.5. The van der Waals surface area contributed by atoms with Gasteiger partial charge in [-0.15, -0.1) is 0 Å². The Bertz CT molecular complexity index is 1190. The summed E-state index contributed by atoms with van der Waals surface area (Å²) in [6.45, 7) is 0. The van der Waals surface area contributed by atoms with Gasteiger partial charge in [0.1, 0.15) is 17.2 Å². The summed E-state index contributed by atoms with van der Waals surface area (Å²) in [5.41, 5.74) is 1.77. The number of hydrogen-bond acceptors (Lipinski definition) is 5. The van der Waals surface area contributed by atoms with Crippen molar-refractivity contribution in [2.75, 3.05) is 17.7 Å². The van der Waals surface area contributed by atoms with Gasteiger partial charge < -0.3 is 25.1 Å². The second kappa shape index (κ2) is 9.48. The Labute approximate surface area is 184 Å². The molecule has 4 rings (SSSR count). The molecule has 2 amide bonds. The van der Waals surface area contributed by atoms with Crippen LogP contribution in [0, 0.1) is 0 Å². The molecule has 0 unspecified atom stereocenters. The Hall–Kier alpha value is -4.59. The lowest BCUT2D eigenvalue weighted by atomic mass is 10.1. The first-order valence-corrected chi connectivity index (χ1v) is 9.75. The van der Waals surface area contributed by atoms with Gasteiger partial charge >= 0.3 is 6.03 Å². The standard InChI is InChI=1S/C24H20N4O4/c1-31-19-10-4-17(5-11-19)27-24(30)28-18-6-12-21(13-7-18)32-20-8-2-16(3-9-20)22(29)23-25-14-15-26-23/h2-15H,1H3,(H,25,26)(H2,27,28,30). The second-order valence-corrected chi connectivity index (χ2v) is 6.73. The lowest BCUT2D eigenvalue weighted by Crippen LogP contribution is -2.19. The smallest absolute Gasteiger partial charge is 0.323 e. The minimum Gasteiger partial charge on any atom is -0.497 e. The number of ketones is 1. The summed E-state index contributed by atoms with van der Waals surface area (Å²) in [5, 5.41) is 5.51. The van der Waals surface area contributed by atoms with Crippen LogP contribution >= 0.6 is 0 Å². The largest absolute Gasteiger partial charge is 0.497 e. The molecule has 0 saturated heterocycles. The number of carbonyl (C=O) groups excluding carboxylic acids is 2. The fourth-order valence-corrected chi connectivity index (χ4v) is 2.91. The van der Waals surface area contributed by atoms with E-state index >= 15 is 0 Å². The number of hydrogen-bond donors (Lipinski definition) is 3. The molecule has 0 aliphatic carbocycles. The number of urea groups is 1. The number of amides is 2. The average Bonchev–Trinajstić information content (AvgIpc) is 3.36. The first kappa shape index (κ1) is 20.7. The topological polar surface area (TPSA) is 105 Å². The fourth-order valence-electron chi connectivity index (χ4n) is 2.91. The highest BCUT2D eigenvalue weighted by Gasteiger charge is 2.11. The highest BCUT2D eigenvalue weighted by Crippen LogP contribution is 2.24. The molecule has 1 aromatic heterocycles. The highest BCUT2D eigenvalue weighted by molar-refractivity contribution is 6.06. The van der Waals surface area contributed by atoms with Gasteiger partial charge in [-0.2, -0.15) is 0 Å². The van der Waals surface area contributed by atoms with E-state index in [1.807, 2.05) is 0 Å². The van der Waals surface area contributed by atoms with Crippen LogP contribution in [0.4, 0.5) is 16.2 Å². The van der Waals surface area contributed by atoms with Crippen molar-refractivity contribution in [1.29, 1.82) is 0 Å². The Morgan fingerprint density at radius 2 is 1.31 bits per heavy atom. The van der Waals surface area contributed by atoms with Gasteiger partial charge in [-0.05, 0) is 72.8 Å². The molecular formula is C24H20N4O4. The molecule has 0 saturated carbocycles. The van der Waals surface area contributed by atoms with E-state index in [1.165, 1.54) is 6.20 Å². The van der Waals surface area contributed by atoms with E-state index in [4.69, 9.17) is 9.47 Å². The molecular weight excluding hydrogens is 408 g/mol. The number of benzene rings is 3. The maximum Gasteiger partial charge on any atom is 0.323 e. The molecule has 32 heavy (non-hydrogen) atoms. The van der Waals surface area contributed by atoms with E-state index < -0.39 is 0 Å². The van der Waals surface area contributed by atoms with Gasteiger partial charge in [0.2, 0.25) is 5.78 Å². The number of carbonyl (C=O) groups is 2. The van der Waals surface area contributed by atoms with Crippen LogP contribution in [0.2, 0.25) is 0 Å². The molecule has 4 aromatic rings. The van der Waals surface area contributed by atoms with Gasteiger partial charge in [0.15, 0.2) is 5.82 Å². The summed E-state index contributed by atoms with van der Waals surface area (Å²) in [4.78, 5) is 31.2. The number of ether oxygens (including phenoxy) is 2. The molecule has 3 aromatic carbocycles. The monoisotopic (exact) mass is 428 g/mol. The molecule has 0 bridgehead atoms. The normalized spacial score (nSPS) is 10.3. The minimum atomic E-state index is -0.361. The van der Waals surface area contributed by atoms with E-state index in [9.17, 15) is 9.59 Å². The Kier molecular flexibility index (Phi) is 6.12. The van der Waals surface area contributed by atoms with Gasteiger partial charge in [-0.1, -0.05) is 0 Å². The lowest BCUT2D eigenvalue weighted by Gasteiger charge is -2.10. The van der Waals surface area contributed by atoms with Crippen molar-refractivity contribution in [2.24, 2.45) is 0 Å². The summed E-state index contributed by atoms with van der Waals surface area (Å²) >= 11 is 0. The van der Waals surface area contributed by atoms with E-state index in [1.54, 1.807) is 86.1 Å². The number of aromatic nitrogens is 2. The molecule has 0 radical (unpaired) electrons. The van der Waals surface area contributed by atoms with Crippen molar-refractivity contribution in [3.63, 3.8) is 0 Å². The van der Waals surface area contributed by atoms with Gasteiger partial charge in [0, 0.05) is 29.3 Å². The van der Waals surface area contributed by atoms with Crippen LogP contribution in [0.5, 0.6) is 17.2 Å². The molecule has 0 aliphatic heterocycles. The summed E-state index contributed by atoms with van der Waals surface area (Å²) in [6.07, 6.45) is 3.14. The van der Waals surface area contributed by atoms with Crippen molar-refractivity contribution < 1.29 is 19.1 Å². The Morgan fingerprint density at radius 1 is 0.781 bits per heavy atom. The van der Waals surface area contributed by atoms with Crippen LogP contribution in [0.3, 0.4) is 0 Å². The average molecular weight is 428 g/mol. The van der Waals surface area contributed by atoms with Gasteiger partial charge in [-0.25, -0.2) is 9.78 Å². The van der Waals surface area contributed by atoms with Gasteiger partial charge in [0.05, 0.1) is 7.11 Å². The number of H-pyrrole nitrogens is 1.